The number of nitrogens with one attached hydrogen (secondary N) is 1. The van der Waals surface area contributed by atoms with E-state index < -0.39 is 0 Å². The highest BCUT2D eigenvalue weighted by Crippen LogP contribution is 2.31. The summed E-state index contributed by atoms with van der Waals surface area (Å²) in [5.74, 6) is -0.0539. The molecule has 1 saturated carbocycles. The topological polar surface area (TPSA) is 58.5 Å². The molecule has 0 aliphatic heterocycles. The highest BCUT2D eigenvalue weighted by atomic mass is 16.2. The Morgan fingerprint density at radius 2 is 2.05 bits per heavy atom. The van der Waals surface area contributed by atoms with Gasteiger partial charge in [0.2, 0.25) is 0 Å². The fourth-order valence-electron chi connectivity index (χ4n) is 2.56. The van der Waals surface area contributed by atoms with Gasteiger partial charge in [0.25, 0.3) is 5.91 Å². The largest absolute Gasteiger partial charge is 0.299 e. The Bertz CT molecular complexity index is 574. The summed E-state index contributed by atoms with van der Waals surface area (Å²) >= 11 is 0. The van der Waals surface area contributed by atoms with Gasteiger partial charge in [-0.15, -0.1) is 0 Å². The summed E-state index contributed by atoms with van der Waals surface area (Å²) in [7, 11) is 0. The zero-order valence-corrected chi connectivity index (χ0v) is 12.2. The van der Waals surface area contributed by atoms with Crippen molar-refractivity contribution in [2.45, 2.75) is 40.0 Å². The number of hydrogen-bond donors (Lipinski definition) is 1. The summed E-state index contributed by atoms with van der Waals surface area (Å²) in [6.07, 6.45) is 1.67. The van der Waals surface area contributed by atoms with E-state index in [4.69, 9.17) is 0 Å². The normalized spacial score (nSPS) is 19.9. The van der Waals surface area contributed by atoms with Crippen LogP contribution in [0.25, 0.3) is 0 Å². The maximum absolute atomic E-state index is 12.0. The third kappa shape index (κ3) is 3.76. The van der Waals surface area contributed by atoms with Crippen LogP contribution in [0.5, 0.6) is 0 Å². The fraction of sp³-hybridized carbons (Fsp3) is 0.438. The minimum atomic E-state index is -0.239. The fourth-order valence-corrected chi connectivity index (χ4v) is 2.56. The van der Waals surface area contributed by atoms with Crippen molar-refractivity contribution in [1.82, 2.24) is 5.43 Å². The van der Waals surface area contributed by atoms with Gasteiger partial charge in [0.1, 0.15) is 5.78 Å². The molecule has 0 atom stereocenters. The van der Waals surface area contributed by atoms with Gasteiger partial charge in [-0.3, -0.25) is 9.59 Å². The Kier molecular flexibility index (Phi) is 4.02. The van der Waals surface area contributed by atoms with E-state index in [1.807, 2.05) is 39.0 Å². The molecule has 1 N–H and O–H groups in total. The molecule has 2 rings (SSSR count). The second-order valence-electron chi connectivity index (χ2n) is 6.22. The smallest absolute Gasteiger partial charge is 0.271 e. The van der Waals surface area contributed by atoms with Crippen LogP contribution in [0, 0.1) is 12.3 Å². The van der Waals surface area contributed by atoms with Gasteiger partial charge in [-0.2, -0.15) is 5.10 Å². The van der Waals surface area contributed by atoms with Gasteiger partial charge in [0.05, 0.1) is 0 Å². The van der Waals surface area contributed by atoms with Crippen molar-refractivity contribution in [3.63, 3.8) is 0 Å². The Morgan fingerprint density at radius 3 is 2.70 bits per heavy atom. The van der Waals surface area contributed by atoms with Gasteiger partial charge < -0.3 is 0 Å². The van der Waals surface area contributed by atoms with Crippen molar-refractivity contribution in [1.29, 1.82) is 0 Å². The maximum Gasteiger partial charge on any atom is 0.271 e. The number of hydrazone groups is 1. The lowest BCUT2D eigenvalue weighted by molar-refractivity contribution is -0.120. The third-order valence-electron chi connectivity index (χ3n) is 3.36. The van der Waals surface area contributed by atoms with E-state index in [0.717, 1.165) is 17.7 Å². The molecule has 4 nitrogen and oxygen atoms in total. The predicted molar refractivity (Wildman–Crippen MR) is 78.7 cm³/mol. The first-order chi connectivity index (χ1) is 9.35. The van der Waals surface area contributed by atoms with Crippen molar-refractivity contribution in [3.8, 4) is 0 Å². The molecule has 0 saturated heterocycles. The molecule has 106 valence electrons. The van der Waals surface area contributed by atoms with E-state index in [2.05, 4.69) is 10.5 Å². The van der Waals surface area contributed by atoms with Gasteiger partial charge in [0.15, 0.2) is 0 Å². The molecule has 1 aromatic rings. The summed E-state index contributed by atoms with van der Waals surface area (Å²) in [5, 5.41) is 4.13. The van der Waals surface area contributed by atoms with Gasteiger partial charge in [-0.25, -0.2) is 5.43 Å². The molecular weight excluding hydrogens is 252 g/mol. The third-order valence-corrected chi connectivity index (χ3v) is 3.36. The van der Waals surface area contributed by atoms with Gasteiger partial charge >= 0.3 is 0 Å². The molecule has 0 radical (unpaired) electrons. The van der Waals surface area contributed by atoms with Gasteiger partial charge in [-0.1, -0.05) is 31.5 Å². The van der Waals surface area contributed by atoms with Crippen LogP contribution in [-0.2, 0) is 4.79 Å². The number of carbonyl (C=O) groups excluding carboxylic acids is 2. The molecule has 1 aromatic carbocycles. The quantitative estimate of drug-likeness (QED) is 0.842. The maximum atomic E-state index is 12.0. The molecule has 1 aliphatic rings. The van der Waals surface area contributed by atoms with Crippen LogP contribution in [0.2, 0.25) is 0 Å². The lowest BCUT2D eigenvalue weighted by atomic mass is 9.76. The van der Waals surface area contributed by atoms with Crippen molar-refractivity contribution < 1.29 is 9.59 Å². The zero-order chi connectivity index (χ0) is 14.8. The van der Waals surface area contributed by atoms with Crippen LogP contribution in [0.3, 0.4) is 0 Å². The van der Waals surface area contributed by atoms with Crippen LogP contribution < -0.4 is 5.43 Å². The summed E-state index contributed by atoms with van der Waals surface area (Å²) in [4.78, 5) is 23.6. The SMILES string of the molecule is Cc1cccc(C(=O)N/N=C2/CC(=O)CC(C)(C)C2)c1. The number of hydrogen-bond acceptors (Lipinski definition) is 3. The number of nitrogens with zero attached hydrogens (tertiary/aromatic N) is 1. The van der Waals surface area contributed by atoms with Gasteiger partial charge in [0, 0.05) is 24.1 Å². The minimum Gasteiger partial charge on any atom is -0.299 e. The van der Waals surface area contributed by atoms with Crippen molar-refractivity contribution in [2.75, 3.05) is 0 Å². The summed E-state index contributed by atoms with van der Waals surface area (Å²) in [5.41, 5.74) is 4.85. The molecule has 0 bridgehead atoms. The molecule has 1 aliphatic carbocycles. The van der Waals surface area contributed by atoms with E-state index in [1.165, 1.54) is 0 Å². The van der Waals surface area contributed by atoms with Crippen LogP contribution in [0.15, 0.2) is 29.4 Å². The molecule has 0 heterocycles. The number of benzene rings is 1. The number of Topliss-reactive ketones (excluding diaryl/α,β-unsaturated/α-hetero) is 1. The average Bonchev–Trinajstić information content (AvgIpc) is 2.33. The first kappa shape index (κ1) is 14.4. The Morgan fingerprint density at radius 1 is 1.30 bits per heavy atom. The summed E-state index contributed by atoms with van der Waals surface area (Å²) in [6, 6.07) is 7.33. The van der Waals surface area contributed by atoms with Crippen molar-refractivity contribution in [3.05, 3.63) is 35.4 Å². The lowest BCUT2D eigenvalue weighted by Crippen LogP contribution is -2.31. The summed E-state index contributed by atoms with van der Waals surface area (Å²) < 4.78 is 0. The van der Waals surface area contributed by atoms with Crippen LogP contribution >= 0.6 is 0 Å². The number of aryl methyl sites for hydroxylation is 1. The highest BCUT2D eigenvalue weighted by molar-refractivity contribution is 6.05. The number of amides is 1. The standard InChI is InChI=1S/C16H20N2O2/c1-11-5-4-6-12(7-11)15(20)18-17-13-8-14(19)10-16(2,3)9-13/h4-7H,8-10H2,1-3H3,(H,18,20)/b17-13-. The minimum absolute atomic E-state index is 0.0672. The molecule has 1 fully saturated rings. The second-order valence-corrected chi connectivity index (χ2v) is 6.22. The number of rotatable bonds is 2. The Balaban J connectivity index is 2.05. The molecular formula is C16H20N2O2. The molecule has 0 aromatic heterocycles. The van der Waals surface area contributed by atoms with Crippen molar-refractivity contribution in [2.24, 2.45) is 10.5 Å². The van der Waals surface area contributed by atoms with E-state index in [-0.39, 0.29) is 17.1 Å². The first-order valence-electron chi connectivity index (χ1n) is 6.80. The van der Waals surface area contributed by atoms with Crippen LogP contribution in [0.1, 0.15) is 49.0 Å². The molecule has 1 amide bonds. The molecule has 0 spiro atoms. The Labute approximate surface area is 119 Å². The predicted octanol–water partition coefficient (Wildman–Crippen LogP) is 2.86. The highest BCUT2D eigenvalue weighted by Gasteiger charge is 2.30. The first-order valence-corrected chi connectivity index (χ1v) is 6.80. The number of ketones is 1. The van der Waals surface area contributed by atoms with E-state index >= 15 is 0 Å². The molecule has 4 heteroatoms. The van der Waals surface area contributed by atoms with Gasteiger partial charge in [-0.05, 0) is 30.9 Å². The molecule has 0 unspecified atom stereocenters. The second kappa shape index (κ2) is 5.57. The van der Waals surface area contributed by atoms with E-state index in [0.29, 0.717) is 18.4 Å². The summed E-state index contributed by atoms with van der Waals surface area (Å²) in [6.45, 7) is 6.02. The monoisotopic (exact) mass is 272 g/mol. The lowest BCUT2D eigenvalue weighted by Gasteiger charge is -2.28. The van der Waals surface area contributed by atoms with Crippen molar-refractivity contribution >= 4 is 17.4 Å². The van der Waals surface area contributed by atoms with Crippen LogP contribution in [0.4, 0.5) is 0 Å². The van der Waals surface area contributed by atoms with E-state index in [9.17, 15) is 9.59 Å². The zero-order valence-electron chi connectivity index (χ0n) is 12.2. The molecule has 20 heavy (non-hydrogen) atoms. The number of carbonyl (C=O) groups is 2. The average molecular weight is 272 g/mol. The van der Waals surface area contributed by atoms with Crippen LogP contribution in [-0.4, -0.2) is 17.4 Å². The van der Waals surface area contributed by atoms with E-state index in [1.54, 1.807) is 6.07 Å². The Hall–Kier alpha value is -1.97.